The van der Waals surface area contributed by atoms with Crippen molar-refractivity contribution in [2.75, 3.05) is 5.32 Å². The number of hydrogen-bond donors (Lipinski definition) is 3. The highest BCUT2D eigenvalue weighted by Crippen LogP contribution is 2.76. The summed E-state index contributed by atoms with van der Waals surface area (Å²) in [5, 5.41) is 17.7. The van der Waals surface area contributed by atoms with Gasteiger partial charge in [0.25, 0.3) is 0 Å². The number of aromatic carboxylic acids is 1. The second-order valence-electron chi connectivity index (χ2n) is 16.9. The van der Waals surface area contributed by atoms with Gasteiger partial charge in [-0.05, 0) is 133 Å². The van der Waals surface area contributed by atoms with Crippen molar-refractivity contribution in [2.24, 2.45) is 45.3 Å². The first-order chi connectivity index (χ1) is 24.2. The van der Waals surface area contributed by atoms with E-state index in [1.165, 1.54) is 42.6 Å². The molecule has 1 aromatic carbocycles. The summed E-state index contributed by atoms with van der Waals surface area (Å²) in [5.41, 5.74) is 3.08. The SMILES string of the molecule is C=CC.CC.CC1(C)C(c2ccc(C(=O)O)cc2)=CCC2(C)C1CCC1(C)C2CCC2C3CCCC3(NC(=O)C(=O)Nc3nccs3)CC[C@]21C. The smallest absolute Gasteiger partial charge is 0.335 e. The number of anilines is 1. The number of nitrogens with one attached hydrogen (secondary N) is 2. The van der Waals surface area contributed by atoms with E-state index in [-0.39, 0.29) is 27.2 Å². The summed E-state index contributed by atoms with van der Waals surface area (Å²) in [4.78, 5) is 41.7. The second kappa shape index (κ2) is 14.6. The van der Waals surface area contributed by atoms with Crippen molar-refractivity contribution in [2.45, 2.75) is 125 Å². The number of carbonyl (C=O) groups excluding carboxylic acids is 2. The lowest BCUT2D eigenvalue weighted by atomic mass is 9.33. The zero-order valence-corrected chi connectivity index (χ0v) is 33.1. The van der Waals surface area contributed by atoms with E-state index < -0.39 is 17.8 Å². The molecule has 278 valence electrons. The van der Waals surface area contributed by atoms with Crippen LogP contribution in [0.2, 0.25) is 0 Å². The number of rotatable bonds is 4. The fourth-order valence-corrected chi connectivity index (χ4v) is 12.9. The summed E-state index contributed by atoms with van der Waals surface area (Å²) in [6, 6.07) is 7.47. The van der Waals surface area contributed by atoms with Crippen molar-refractivity contribution in [3.63, 3.8) is 0 Å². The van der Waals surface area contributed by atoms with Gasteiger partial charge in [-0.25, -0.2) is 9.78 Å². The number of aromatic nitrogens is 1. The molecule has 51 heavy (non-hydrogen) atoms. The maximum atomic E-state index is 13.3. The summed E-state index contributed by atoms with van der Waals surface area (Å²) >= 11 is 1.32. The van der Waals surface area contributed by atoms with Crippen molar-refractivity contribution in [3.05, 3.63) is 65.7 Å². The molecule has 7 rings (SSSR count). The monoisotopic (exact) mass is 715 g/mol. The second-order valence-corrected chi connectivity index (χ2v) is 17.8. The number of carboxylic acid groups (broad SMARTS) is 1. The fraction of sp³-hybridized carbons (Fsp3) is 0.628. The highest BCUT2D eigenvalue weighted by Gasteiger charge is 2.69. The van der Waals surface area contributed by atoms with Gasteiger partial charge in [0.1, 0.15) is 0 Å². The van der Waals surface area contributed by atoms with Crippen molar-refractivity contribution in [1.82, 2.24) is 10.3 Å². The third kappa shape index (κ3) is 6.42. The highest BCUT2D eigenvalue weighted by atomic mass is 32.1. The summed E-state index contributed by atoms with van der Waals surface area (Å²) in [5.74, 6) is 0.0563. The number of allylic oxidation sites excluding steroid dienone is 3. The molecule has 3 N–H and O–H groups in total. The van der Waals surface area contributed by atoms with Gasteiger partial charge in [-0.2, -0.15) is 0 Å². The maximum Gasteiger partial charge on any atom is 0.335 e. The van der Waals surface area contributed by atoms with Gasteiger partial charge >= 0.3 is 17.8 Å². The molecule has 0 bridgehead atoms. The number of carbonyl (C=O) groups is 3. The molecule has 1 heterocycles. The van der Waals surface area contributed by atoms with Crippen molar-refractivity contribution >= 4 is 39.8 Å². The molecule has 4 fully saturated rings. The standard InChI is InChI=1S/C38H49N3O4S.C3H6.C2H6/c1-34(2)25(23-8-10-24(11-9-23)32(44)45)14-17-35(3)28(34)15-18-37(5)29(35)13-12-26-27-7-6-16-38(27,20-19-36(26,37)4)41-31(43)30(42)40-33-39-21-22-46-33;1-3-2;1-2/h8-11,14,21-22,26-29H,6-7,12-13,15-20H2,1-5H3,(H,41,43)(H,44,45)(H,39,40,42);3H,1H2,2H3;1-2H3/t26?,27?,28?,29?,35?,36-,37?,38?;;/m1../s1. The average molecular weight is 716 g/mol. The third-order valence-corrected chi connectivity index (χ3v) is 15.3. The van der Waals surface area contributed by atoms with Crippen LogP contribution in [0.25, 0.3) is 5.57 Å². The molecule has 0 saturated heterocycles. The van der Waals surface area contributed by atoms with Crippen LogP contribution in [0.3, 0.4) is 0 Å². The molecule has 5 aliphatic carbocycles. The van der Waals surface area contributed by atoms with Gasteiger partial charge in [-0.15, -0.1) is 17.9 Å². The number of thiazole rings is 1. The van der Waals surface area contributed by atoms with E-state index >= 15 is 0 Å². The normalized spacial score (nSPS) is 35.6. The minimum absolute atomic E-state index is 0.0204. The van der Waals surface area contributed by atoms with Gasteiger partial charge in [-0.3, -0.25) is 14.9 Å². The number of amides is 2. The molecule has 5 aliphatic rings. The van der Waals surface area contributed by atoms with E-state index in [0.29, 0.717) is 34.4 Å². The Morgan fingerprint density at radius 3 is 2.20 bits per heavy atom. The third-order valence-electron chi connectivity index (χ3n) is 14.6. The molecule has 0 aliphatic heterocycles. The molecular weight excluding hydrogens is 655 g/mol. The van der Waals surface area contributed by atoms with Crippen LogP contribution in [-0.2, 0) is 9.59 Å². The average Bonchev–Trinajstić information content (AvgIpc) is 3.76. The Bertz CT molecular complexity index is 1630. The van der Waals surface area contributed by atoms with Crippen molar-refractivity contribution in [3.8, 4) is 0 Å². The van der Waals surface area contributed by atoms with E-state index in [4.69, 9.17) is 0 Å². The number of nitrogens with zero attached hydrogens (tertiary/aromatic N) is 1. The van der Waals surface area contributed by atoms with Gasteiger partial charge in [0.2, 0.25) is 0 Å². The molecule has 7 nitrogen and oxygen atoms in total. The van der Waals surface area contributed by atoms with E-state index in [1.807, 2.05) is 32.9 Å². The quantitative estimate of drug-likeness (QED) is 0.216. The van der Waals surface area contributed by atoms with Gasteiger partial charge in [0, 0.05) is 17.1 Å². The van der Waals surface area contributed by atoms with E-state index in [0.717, 1.165) is 44.1 Å². The summed E-state index contributed by atoms with van der Waals surface area (Å²) < 4.78 is 0. The molecule has 4 saturated carbocycles. The first-order valence-electron chi connectivity index (χ1n) is 19.3. The van der Waals surface area contributed by atoms with Crippen LogP contribution in [0.4, 0.5) is 5.13 Å². The molecule has 0 spiro atoms. The Morgan fingerprint density at radius 1 is 0.882 bits per heavy atom. The molecule has 1 aromatic heterocycles. The predicted octanol–water partition coefficient (Wildman–Crippen LogP) is 10.4. The van der Waals surface area contributed by atoms with Crippen LogP contribution >= 0.6 is 11.3 Å². The molecule has 8 heteroatoms. The first-order valence-corrected chi connectivity index (χ1v) is 20.2. The van der Waals surface area contributed by atoms with Gasteiger partial charge in [0.05, 0.1) is 5.56 Å². The molecular formula is C43H61N3O4S. The lowest BCUT2D eigenvalue weighted by Crippen LogP contribution is -2.68. The van der Waals surface area contributed by atoms with Crippen molar-refractivity contribution in [1.29, 1.82) is 0 Å². The topological polar surface area (TPSA) is 108 Å². The van der Waals surface area contributed by atoms with Gasteiger partial charge in [0.15, 0.2) is 5.13 Å². The highest BCUT2D eigenvalue weighted by molar-refractivity contribution is 7.13. The van der Waals surface area contributed by atoms with Crippen LogP contribution in [0.1, 0.15) is 136 Å². The minimum Gasteiger partial charge on any atom is -0.478 e. The molecule has 8 atom stereocenters. The Labute approximate surface area is 310 Å². The Morgan fingerprint density at radius 2 is 1.57 bits per heavy atom. The van der Waals surface area contributed by atoms with Gasteiger partial charge < -0.3 is 10.4 Å². The van der Waals surface area contributed by atoms with E-state index in [1.54, 1.807) is 29.8 Å². The molecule has 2 aromatic rings. The van der Waals surface area contributed by atoms with Crippen LogP contribution < -0.4 is 10.6 Å². The zero-order valence-electron chi connectivity index (χ0n) is 32.2. The van der Waals surface area contributed by atoms with Crippen LogP contribution in [0.5, 0.6) is 0 Å². The number of hydrogen-bond acceptors (Lipinski definition) is 5. The van der Waals surface area contributed by atoms with E-state index in [2.05, 4.69) is 62.9 Å². The fourth-order valence-electron chi connectivity index (χ4n) is 12.4. The first kappa shape index (κ1) is 39.0. The Hall–Kier alpha value is -3.26. The number of carboxylic acids is 1. The predicted molar refractivity (Wildman–Crippen MR) is 208 cm³/mol. The maximum absolute atomic E-state index is 13.3. The summed E-state index contributed by atoms with van der Waals surface area (Å²) in [6.07, 6.45) is 16.9. The molecule has 2 amide bonds. The van der Waals surface area contributed by atoms with Gasteiger partial charge in [-0.1, -0.05) is 79.2 Å². The molecule has 0 radical (unpaired) electrons. The Kier molecular flexibility index (Phi) is 11.2. The van der Waals surface area contributed by atoms with Crippen LogP contribution in [0.15, 0.2) is 54.6 Å². The number of benzene rings is 1. The van der Waals surface area contributed by atoms with Crippen molar-refractivity contribution < 1.29 is 19.5 Å². The van der Waals surface area contributed by atoms with E-state index in [9.17, 15) is 19.5 Å². The summed E-state index contributed by atoms with van der Waals surface area (Å²) in [6.45, 7) is 21.9. The molecule has 7 unspecified atom stereocenters. The minimum atomic E-state index is -0.885. The van der Waals surface area contributed by atoms with Crippen LogP contribution in [-0.4, -0.2) is 33.4 Å². The largest absolute Gasteiger partial charge is 0.478 e. The Balaban J connectivity index is 0.000000959. The van der Waals surface area contributed by atoms with Crippen LogP contribution in [0, 0.1) is 45.3 Å². The number of fused-ring (bicyclic) bond motifs is 7. The lowest BCUT2D eigenvalue weighted by Gasteiger charge is -2.72. The lowest BCUT2D eigenvalue weighted by molar-refractivity contribution is -0.216. The summed E-state index contributed by atoms with van der Waals surface area (Å²) in [7, 11) is 0. The zero-order chi connectivity index (χ0) is 37.4.